The Kier molecular flexibility index (Phi) is 5.53. The number of rotatable bonds is 2. The Labute approximate surface area is 128 Å². The van der Waals surface area contributed by atoms with Gasteiger partial charge in [0.2, 0.25) is 0 Å². The van der Waals surface area contributed by atoms with Gasteiger partial charge in [-0.1, -0.05) is 18.8 Å². The third-order valence-electron chi connectivity index (χ3n) is 3.29. The van der Waals surface area contributed by atoms with Crippen molar-refractivity contribution in [3.8, 4) is 11.8 Å². The van der Waals surface area contributed by atoms with Crippen molar-refractivity contribution < 1.29 is 9.90 Å². The lowest BCUT2D eigenvalue weighted by Gasteiger charge is -2.31. The van der Waals surface area contributed by atoms with E-state index < -0.39 is 0 Å². The van der Waals surface area contributed by atoms with Crippen molar-refractivity contribution in [2.75, 3.05) is 25.4 Å². The zero-order valence-electron chi connectivity index (χ0n) is 11.8. The van der Waals surface area contributed by atoms with Crippen molar-refractivity contribution >= 4 is 29.0 Å². The molecule has 1 N–H and O–H groups in total. The zero-order valence-corrected chi connectivity index (χ0v) is 13.4. The minimum absolute atomic E-state index is 0.119. The number of amides is 1. The monoisotopic (exact) mass is 309 g/mol. The molecule has 0 saturated carbocycles. The Balaban J connectivity index is 2.13. The number of hydrogen-bond donors (Lipinski definition) is 1. The Morgan fingerprint density at radius 2 is 2.40 bits per heavy atom. The summed E-state index contributed by atoms with van der Waals surface area (Å²) in [6.07, 6.45) is 1.10. The molecule has 3 nitrogen and oxygen atoms in total. The highest BCUT2D eigenvalue weighted by Gasteiger charge is 2.25. The van der Waals surface area contributed by atoms with Gasteiger partial charge in [-0.3, -0.25) is 4.79 Å². The molecule has 1 aliphatic rings. The maximum absolute atomic E-state index is 12.5. The number of hydrogen-bond acceptors (Lipinski definition) is 4. The Hall–Kier alpha value is -0.960. The van der Waals surface area contributed by atoms with E-state index in [0.29, 0.717) is 5.25 Å². The van der Waals surface area contributed by atoms with E-state index in [0.717, 1.165) is 40.6 Å². The molecule has 0 aromatic carbocycles. The summed E-state index contributed by atoms with van der Waals surface area (Å²) in [5.74, 6) is 6.68. The molecule has 1 aromatic rings. The average molecular weight is 309 g/mol. The predicted octanol–water partition coefficient (Wildman–Crippen LogP) is 2.37. The van der Waals surface area contributed by atoms with Gasteiger partial charge in [-0.2, -0.15) is 11.8 Å². The van der Waals surface area contributed by atoms with Gasteiger partial charge in [0.05, 0.1) is 9.75 Å². The zero-order chi connectivity index (χ0) is 14.5. The van der Waals surface area contributed by atoms with Gasteiger partial charge in [-0.15, -0.1) is 11.3 Å². The van der Waals surface area contributed by atoms with Crippen molar-refractivity contribution in [3.63, 3.8) is 0 Å². The summed E-state index contributed by atoms with van der Waals surface area (Å²) < 4.78 is 0. The van der Waals surface area contributed by atoms with Crippen molar-refractivity contribution in [1.29, 1.82) is 0 Å². The third-order valence-corrected chi connectivity index (χ3v) is 5.80. The second-order valence-electron chi connectivity index (χ2n) is 4.73. The molecule has 1 unspecified atom stereocenters. The van der Waals surface area contributed by atoms with Crippen molar-refractivity contribution in [1.82, 2.24) is 4.90 Å². The Morgan fingerprint density at radius 1 is 1.60 bits per heavy atom. The van der Waals surface area contributed by atoms with Crippen LogP contribution in [0.25, 0.3) is 0 Å². The van der Waals surface area contributed by atoms with Crippen molar-refractivity contribution in [2.24, 2.45) is 0 Å². The molecular weight excluding hydrogens is 290 g/mol. The number of aliphatic hydroxyl groups excluding tert-OH is 1. The first kappa shape index (κ1) is 15.4. The van der Waals surface area contributed by atoms with E-state index in [9.17, 15) is 4.79 Å². The maximum atomic E-state index is 12.5. The van der Waals surface area contributed by atoms with E-state index in [-0.39, 0.29) is 12.5 Å². The Morgan fingerprint density at radius 3 is 3.10 bits per heavy atom. The van der Waals surface area contributed by atoms with Gasteiger partial charge in [-0.05, 0) is 25.0 Å². The lowest BCUT2D eigenvalue weighted by molar-refractivity contribution is 0.0765. The van der Waals surface area contributed by atoms with E-state index >= 15 is 0 Å². The first-order chi connectivity index (χ1) is 9.65. The van der Waals surface area contributed by atoms with Gasteiger partial charge >= 0.3 is 0 Å². The molecule has 0 radical (unpaired) electrons. The molecule has 20 heavy (non-hydrogen) atoms. The first-order valence-corrected chi connectivity index (χ1v) is 8.63. The fraction of sp³-hybridized carbons (Fsp3) is 0.533. The van der Waals surface area contributed by atoms with Crippen LogP contribution in [0.5, 0.6) is 0 Å². The second kappa shape index (κ2) is 7.16. The minimum atomic E-state index is -0.151. The summed E-state index contributed by atoms with van der Waals surface area (Å²) in [5, 5.41) is 9.31. The number of aliphatic hydroxyl groups is 1. The SMILES string of the molecule is CCC1CN(C(=O)c2cc(C)c(C#CCO)s2)CCS1. The van der Waals surface area contributed by atoms with Crippen molar-refractivity contribution in [2.45, 2.75) is 25.5 Å². The summed E-state index contributed by atoms with van der Waals surface area (Å²) in [6, 6.07) is 1.91. The maximum Gasteiger partial charge on any atom is 0.264 e. The van der Waals surface area contributed by atoms with Crippen LogP contribution in [0.1, 0.15) is 33.5 Å². The van der Waals surface area contributed by atoms with Gasteiger partial charge in [0.15, 0.2) is 0 Å². The van der Waals surface area contributed by atoms with Gasteiger partial charge in [0, 0.05) is 24.1 Å². The van der Waals surface area contributed by atoms with Gasteiger partial charge in [0.1, 0.15) is 6.61 Å². The molecule has 1 fully saturated rings. The molecule has 5 heteroatoms. The normalized spacial score (nSPS) is 18.6. The summed E-state index contributed by atoms with van der Waals surface area (Å²) in [6.45, 7) is 5.64. The minimum Gasteiger partial charge on any atom is -0.384 e. The van der Waals surface area contributed by atoms with Gasteiger partial charge in [0.25, 0.3) is 5.91 Å². The third kappa shape index (κ3) is 3.57. The van der Waals surface area contributed by atoms with Crippen molar-refractivity contribution in [3.05, 3.63) is 21.4 Å². The average Bonchev–Trinajstić information content (AvgIpc) is 2.85. The van der Waals surface area contributed by atoms with E-state index in [1.165, 1.54) is 11.3 Å². The molecule has 1 aliphatic heterocycles. The van der Waals surface area contributed by atoms with Crippen LogP contribution in [0.2, 0.25) is 0 Å². The van der Waals surface area contributed by atoms with Crippen LogP contribution >= 0.6 is 23.1 Å². The molecule has 1 saturated heterocycles. The van der Waals surface area contributed by atoms with Crippen LogP contribution in [0, 0.1) is 18.8 Å². The standard InChI is InChI=1S/C15H19NO2S2/c1-3-12-10-16(6-8-19-12)15(18)14-9-11(2)13(20-14)5-4-7-17/h9,12,17H,3,6-8,10H2,1-2H3. The van der Waals surface area contributed by atoms with Crippen LogP contribution in [0.15, 0.2) is 6.07 Å². The topological polar surface area (TPSA) is 40.5 Å². The highest BCUT2D eigenvalue weighted by molar-refractivity contribution is 8.00. The van der Waals surface area contributed by atoms with Crippen LogP contribution in [0.4, 0.5) is 0 Å². The number of aryl methyl sites for hydroxylation is 1. The molecule has 1 amide bonds. The highest BCUT2D eigenvalue weighted by atomic mass is 32.2. The molecule has 1 atom stereocenters. The molecule has 108 valence electrons. The highest BCUT2D eigenvalue weighted by Crippen LogP contribution is 2.26. The van der Waals surface area contributed by atoms with E-state index in [1.807, 2.05) is 29.7 Å². The molecule has 2 heterocycles. The summed E-state index contributed by atoms with van der Waals surface area (Å²) in [4.78, 5) is 16.1. The summed E-state index contributed by atoms with van der Waals surface area (Å²) >= 11 is 3.39. The summed E-state index contributed by atoms with van der Waals surface area (Å²) in [5.41, 5.74) is 1.01. The fourth-order valence-corrected chi connectivity index (χ4v) is 4.33. The largest absolute Gasteiger partial charge is 0.384 e. The number of nitrogens with zero attached hydrogens (tertiary/aromatic N) is 1. The van der Waals surface area contributed by atoms with Crippen LogP contribution in [-0.2, 0) is 0 Å². The quantitative estimate of drug-likeness (QED) is 0.853. The van der Waals surface area contributed by atoms with E-state index in [2.05, 4.69) is 18.8 Å². The second-order valence-corrected chi connectivity index (χ2v) is 7.20. The predicted molar refractivity (Wildman–Crippen MR) is 85.5 cm³/mol. The number of thiophene rings is 1. The van der Waals surface area contributed by atoms with E-state index in [1.54, 1.807) is 0 Å². The van der Waals surface area contributed by atoms with Crippen LogP contribution in [0.3, 0.4) is 0 Å². The van der Waals surface area contributed by atoms with Gasteiger partial charge in [-0.25, -0.2) is 0 Å². The molecule has 0 aliphatic carbocycles. The van der Waals surface area contributed by atoms with E-state index in [4.69, 9.17) is 5.11 Å². The number of carbonyl (C=O) groups is 1. The van der Waals surface area contributed by atoms with Crippen LogP contribution in [-0.4, -0.2) is 46.6 Å². The van der Waals surface area contributed by atoms with Gasteiger partial charge < -0.3 is 10.0 Å². The smallest absolute Gasteiger partial charge is 0.264 e. The first-order valence-electron chi connectivity index (χ1n) is 6.76. The molecule has 1 aromatic heterocycles. The number of carbonyl (C=O) groups excluding carboxylic acids is 1. The molecule has 0 bridgehead atoms. The number of thioether (sulfide) groups is 1. The fourth-order valence-electron chi connectivity index (χ4n) is 2.14. The lowest BCUT2D eigenvalue weighted by atomic mass is 10.2. The van der Waals surface area contributed by atoms with Crippen LogP contribution < -0.4 is 0 Å². The molecular formula is C15H19NO2S2. The molecule has 0 spiro atoms. The lowest BCUT2D eigenvalue weighted by Crippen LogP contribution is -2.41. The summed E-state index contributed by atoms with van der Waals surface area (Å²) in [7, 11) is 0. The molecule has 2 rings (SSSR count). The Bertz CT molecular complexity index is 542.